The minimum absolute atomic E-state index is 0.425. The standard InChI is InChI=1S/C17H27N/c1-5-12-18-17(13-14(4)6-2)16-11-9-8-10-15(16)7-3/h8-11,17-18H,4-7,12-13H2,1-3H3. The molecule has 0 amide bonds. The Bertz CT molecular complexity index is 368. The molecule has 0 aromatic heterocycles. The van der Waals surface area contributed by atoms with Crippen molar-refractivity contribution in [3.63, 3.8) is 0 Å². The maximum atomic E-state index is 4.16. The minimum Gasteiger partial charge on any atom is -0.310 e. The zero-order chi connectivity index (χ0) is 13.4. The molecule has 100 valence electrons. The molecule has 0 aliphatic rings. The Labute approximate surface area is 112 Å². The van der Waals surface area contributed by atoms with Crippen LogP contribution >= 0.6 is 0 Å². The summed E-state index contributed by atoms with van der Waals surface area (Å²) >= 11 is 0. The van der Waals surface area contributed by atoms with Crippen LogP contribution in [0, 0.1) is 0 Å². The Kier molecular flexibility index (Phi) is 6.74. The van der Waals surface area contributed by atoms with E-state index in [1.54, 1.807) is 0 Å². The number of rotatable bonds is 8. The monoisotopic (exact) mass is 245 g/mol. The van der Waals surface area contributed by atoms with Crippen molar-refractivity contribution in [1.82, 2.24) is 5.32 Å². The Hall–Kier alpha value is -1.08. The lowest BCUT2D eigenvalue weighted by atomic mass is 9.93. The van der Waals surface area contributed by atoms with Gasteiger partial charge in [0.15, 0.2) is 0 Å². The van der Waals surface area contributed by atoms with E-state index >= 15 is 0 Å². The first-order valence-corrected chi connectivity index (χ1v) is 7.20. The summed E-state index contributed by atoms with van der Waals surface area (Å²) in [5, 5.41) is 3.66. The van der Waals surface area contributed by atoms with Crippen molar-refractivity contribution < 1.29 is 0 Å². The van der Waals surface area contributed by atoms with Crippen LogP contribution in [0.3, 0.4) is 0 Å². The van der Waals surface area contributed by atoms with Gasteiger partial charge in [0.25, 0.3) is 0 Å². The van der Waals surface area contributed by atoms with Crippen LogP contribution in [-0.2, 0) is 6.42 Å². The van der Waals surface area contributed by atoms with Crippen LogP contribution in [0.1, 0.15) is 57.2 Å². The molecule has 1 N–H and O–H groups in total. The lowest BCUT2D eigenvalue weighted by Crippen LogP contribution is -2.23. The maximum absolute atomic E-state index is 4.16. The highest BCUT2D eigenvalue weighted by atomic mass is 14.9. The quantitative estimate of drug-likeness (QED) is 0.658. The van der Waals surface area contributed by atoms with Crippen LogP contribution in [0.15, 0.2) is 36.4 Å². The average Bonchev–Trinajstić information content (AvgIpc) is 2.43. The van der Waals surface area contributed by atoms with E-state index in [0.29, 0.717) is 6.04 Å². The van der Waals surface area contributed by atoms with Crippen LogP contribution in [0.2, 0.25) is 0 Å². The fraction of sp³-hybridized carbons (Fsp3) is 0.529. The second-order valence-electron chi connectivity index (χ2n) is 4.87. The van der Waals surface area contributed by atoms with Gasteiger partial charge in [-0.15, -0.1) is 0 Å². The average molecular weight is 245 g/mol. The van der Waals surface area contributed by atoms with E-state index in [1.807, 2.05) is 0 Å². The molecule has 1 atom stereocenters. The van der Waals surface area contributed by atoms with Gasteiger partial charge in [0, 0.05) is 6.04 Å². The molecule has 0 aliphatic heterocycles. The lowest BCUT2D eigenvalue weighted by molar-refractivity contribution is 0.520. The Balaban J connectivity index is 2.89. The molecule has 1 aromatic rings. The van der Waals surface area contributed by atoms with Crippen LogP contribution < -0.4 is 5.32 Å². The van der Waals surface area contributed by atoms with E-state index in [-0.39, 0.29) is 0 Å². The molecule has 0 spiro atoms. The Morgan fingerprint density at radius 2 is 1.94 bits per heavy atom. The number of nitrogens with one attached hydrogen (secondary N) is 1. The largest absolute Gasteiger partial charge is 0.310 e. The van der Waals surface area contributed by atoms with Crippen LogP contribution in [0.4, 0.5) is 0 Å². The molecule has 0 heterocycles. The predicted octanol–water partition coefficient (Wildman–Crippen LogP) is 4.65. The van der Waals surface area contributed by atoms with E-state index < -0.39 is 0 Å². The zero-order valence-corrected chi connectivity index (χ0v) is 12.1. The van der Waals surface area contributed by atoms with Gasteiger partial charge in [0.1, 0.15) is 0 Å². The molecule has 0 aliphatic carbocycles. The number of aryl methyl sites for hydroxylation is 1. The SMILES string of the molecule is C=C(CC)CC(NCCC)c1ccccc1CC. The molecule has 0 saturated carbocycles. The number of benzene rings is 1. The molecule has 1 heteroatoms. The van der Waals surface area contributed by atoms with Crippen LogP contribution in [0.5, 0.6) is 0 Å². The topological polar surface area (TPSA) is 12.0 Å². The van der Waals surface area contributed by atoms with Crippen molar-refractivity contribution in [2.24, 2.45) is 0 Å². The summed E-state index contributed by atoms with van der Waals surface area (Å²) in [5.74, 6) is 0. The van der Waals surface area contributed by atoms with E-state index in [2.05, 4.69) is 56.9 Å². The van der Waals surface area contributed by atoms with Gasteiger partial charge in [-0.25, -0.2) is 0 Å². The predicted molar refractivity (Wildman–Crippen MR) is 80.9 cm³/mol. The summed E-state index contributed by atoms with van der Waals surface area (Å²) < 4.78 is 0. The first kappa shape index (κ1) is 15.0. The molecular weight excluding hydrogens is 218 g/mol. The van der Waals surface area contributed by atoms with E-state index in [4.69, 9.17) is 0 Å². The maximum Gasteiger partial charge on any atom is 0.0360 e. The van der Waals surface area contributed by atoms with E-state index in [0.717, 1.165) is 25.8 Å². The summed E-state index contributed by atoms with van der Waals surface area (Å²) in [5.41, 5.74) is 4.23. The Morgan fingerprint density at radius 3 is 2.56 bits per heavy atom. The second kappa shape index (κ2) is 8.10. The zero-order valence-electron chi connectivity index (χ0n) is 12.1. The fourth-order valence-corrected chi connectivity index (χ4v) is 2.24. The molecule has 1 nitrogen and oxygen atoms in total. The molecular formula is C17H27N. The first-order valence-electron chi connectivity index (χ1n) is 7.20. The van der Waals surface area contributed by atoms with Gasteiger partial charge in [-0.1, -0.05) is 57.2 Å². The van der Waals surface area contributed by atoms with E-state index in [9.17, 15) is 0 Å². The van der Waals surface area contributed by atoms with Gasteiger partial charge in [-0.3, -0.25) is 0 Å². The van der Waals surface area contributed by atoms with Gasteiger partial charge in [-0.05, 0) is 43.4 Å². The highest BCUT2D eigenvalue weighted by molar-refractivity contribution is 5.31. The molecule has 18 heavy (non-hydrogen) atoms. The number of hydrogen-bond acceptors (Lipinski definition) is 1. The van der Waals surface area contributed by atoms with Gasteiger partial charge in [0.05, 0.1) is 0 Å². The summed E-state index contributed by atoms with van der Waals surface area (Å²) in [6.07, 6.45) is 4.38. The molecule has 1 rings (SSSR count). The van der Waals surface area contributed by atoms with Crippen LogP contribution in [0.25, 0.3) is 0 Å². The highest BCUT2D eigenvalue weighted by Gasteiger charge is 2.14. The minimum atomic E-state index is 0.425. The van der Waals surface area contributed by atoms with Gasteiger partial charge in [0.2, 0.25) is 0 Å². The third-order valence-corrected chi connectivity index (χ3v) is 3.44. The normalized spacial score (nSPS) is 12.4. The first-order chi connectivity index (χ1) is 8.72. The summed E-state index contributed by atoms with van der Waals surface area (Å²) in [7, 11) is 0. The molecule has 1 aromatic carbocycles. The molecule has 1 unspecified atom stereocenters. The molecule has 0 bridgehead atoms. The van der Waals surface area contributed by atoms with Crippen molar-refractivity contribution in [1.29, 1.82) is 0 Å². The van der Waals surface area contributed by atoms with Crippen molar-refractivity contribution >= 4 is 0 Å². The van der Waals surface area contributed by atoms with Crippen molar-refractivity contribution in [3.05, 3.63) is 47.5 Å². The smallest absolute Gasteiger partial charge is 0.0360 e. The second-order valence-corrected chi connectivity index (χ2v) is 4.87. The van der Waals surface area contributed by atoms with Crippen molar-refractivity contribution in [2.45, 2.75) is 52.5 Å². The Morgan fingerprint density at radius 1 is 1.22 bits per heavy atom. The van der Waals surface area contributed by atoms with Crippen LogP contribution in [-0.4, -0.2) is 6.54 Å². The molecule has 0 radical (unpaired) electrons. The summed E-state index contributed by atoms with van der Waals surface area (Å²) in [6, 6.07) is 9.20. The van der Waals surface area contributed by atoms with Gasteiger partial charge >= 0.3 is 0 Å². The van der Waals surface area contributed by atoms with E-state index in [1.165, 1.54) is 23.1 Å². The van der Waals surface area contributed by atoms with Gasteiger partial charge in [-0.2, -0.15) is 0 Å². The third kappa shape index (κ3) is 4.30. The molecule has 0 fully saturated rings. The van der Waals surface area contributed by atoms with Gasteiger partial charge < -0.3 is 5.32 Å². The van der Waals surface area contributed by atoms with Crippen molar-refractivity contribution in [2.75, 3.05) is 6.54 Å². The lowest BCUT2D eigenvalue weighted by Gasteiger charge is -2.22. The summed E-state index contributed by atoms with van der Waals surface area (Å²) in [6.45, 7) is 11.9. The third-order valence-electron chi connectivity index (χ3n) is 3.44. The fourth-order valence-electron chi connectivity index (χ4n) is 2.24. The number of hydrogen-bond donors (Lipinski definition) is 1. The van der Waals surface area contributed by atoms with Crippen molar-refractivity contribution in [3.8, 4) is 0 Å². The highest BCUT2D eigenvalue weighted by Crippen LogP contribution is 2.25. The molecule has 0 saturated heterocycles. The summed E-state index contributed by atoms with van der Waals surface area (Å²) in [4.78, 5) is 0.